The molecule has 2 heterocycles. The average Bonchev–Trinajstić information content (AvgIpc) is 2.80. The number of aliphatic hydroxyl groups excluding tert-OH is 1. The summed E-state index contributed by atoms with van der Waals surface area (Å²) < 4.78 is 0. The Labute approximate surface area is 99.4 Å². The van der Waals surface area contributed by atoms with Crippen molar-refractivity contribution in [1.29, 1.82) is 0 Å². The molecule has 0 saturated carbocycles. The van der Waals surface area contributed by atoms with Crippen molar-refractivity contribution in [3.8, 4) is 0 Å². The van der Waals surface area contributed by atoms with Crippen LogP contribution in [0.15, 0.2) is 0 Å². The summed E-state index contributed by atoms with van der Waals surface area (Å²) in [6.45, 7) is 7.98. The Morgan fingerprint density at radius 3 is 2.38 bits per heavy atom. The molecule has 1 unspecified atom stereocenters. The lowest BCUT2D eigenvalue weighted by Crippen LogP contribution is -2.40. The van der Waals surface area contributed by atoms with E-state index in [1.165, 1.54) is 65.0 Å². The lowest BCUT2D eigenvalue weighted by Gasteiger charge is -2.33. The van der Waals surface area contributed by atoms with Crippen molar-refractivity contribution < 1.29 is 5.11 Å². The standard InChI is InChI=1S/C13H26N2O/c16-11-5-13-4-3-8-15(12-13)10-9-14-6-1-2-7-14/h13,16H,1-12H2. The summed E-state index contributed by atoms with van der Waals surface area (Å²) in [7, 11) is 0. The van der Waals surface area contributed by atoms with Gasteiger partial charge in [-0.3, -0.25) is 0 Å². The van der Waals surface area contributed by atoms with Crippen molar-refractivity contribution in [2.75, 3.05) is 45.9 Å². The van der Waals surface area contributed by atoms with Crippen molar-refractivity contribution in [2.24, 2.45) is 5.92 Å². The summed E-state index contributed by atoms with van der Waals surface area (Å²) in [5, 5.41) is 8.98. The molecule has 0 bridgehead atoms. The summed E-state index contributed by atoms with van der Waals surface area (Å²) in [4.78, 5) is 5.19. The first-order valence-electron chi connectivity index (χ1n) is 6.94. The fraction of sp³-hybridized carbons (Fsp3) is 1.00. The van der Waals surface area contributed by atoms with Gasteiger partial charge in [-0.05, 0) is 57.7 Å². The van der Waals surface area contributed by atoms with Crippen LogP contribution in [0.2, 0.25) is 0 Å². The molecule has 1 atom stereocenters. The van der Waals surface area contributed by atoms with Gasteiger partial charge in [-0.2, -0.15) is 0 Å². The fourth-order valence-corrected chi connectivity index (χ4v) is 3.06. The minimum absolute atomic E-state index is 0.366. The predicted molar refractivity (Wildman–Crippen MR) is 66.5 cm³/mol. The van der Waals surface area contributed by atoms with Crippen LogP contribution in [-0.4, -0.2) is 60.8 Å². The Bertz CT molecular complexity index is 190. The number of likely N-dealkylation sites (tertiary alicyclic amines) is 2. The SMILES string of the molecule is OCCC1CCCN(CCN2CCCC2)C1. The molecule has 0 aromatic rings. The zero-order valence-corrected chi connectivity index (χ0v) is 10.4. The zero-order valence-electron chi connectivity index (χ0n) is 10.4. The topological polar surface area (TPSA) is 26.7 Å². The molecular formula is C13H26N2O. The highest BCUT2D eigenvalue weighted by Crippen LogP contribution is 2.19. The van der Waals surface area contributed by atoms with Crippen molar-refractivity contribution in [3.05, 3.63) is 0 Å². The Hall–Kier alpha value is -0.120. The predicted octanol–water partition coefficient (Wildman–Crippen LogP) is 1.18. The molecule has 3 nitrogen and oxygen atoms in total. The molecule has 2 saturated heterocycles. The van der Waals surface area contributed by atoms with E-state index >= 15 is 0 Å². The number of piperidine rings is 1. The lowest BCUT2D eigenvalue weighted by molar-refractivity contribution is 0.136. The zero-order chi connectivity index (χ0) is 11.2. The van der Waals surface area contributed by atoms with Crippen molar-refractivity contribution in [3.63, 3.8) is 0 Å². The summed E-state index contributed by atoms with van der Waals surface area (Å²) in [5.41, 5.74) is 0. The highest BCUT2D eigenvalue weighted by atomic mass is 16.3. The molecule has 0 radical (unpaired) electrons. The monoisotopic (exact) mass is 226 g/mol. The highest BCUT2D eigenvalue weighted by Gasteiger charge is 2.20. The quantitative estimate of drug-likeness (QED) is 0.762. The largest absolute Gasteiger partial charge is 0.396 e. The van der Waals surface area contributed by atoms with Gasteiger partial charge in [0.15, 0.2) is 0 Å². The number of nitrogens with zero attached hydrogens (tertiary/aromatic N) is 2. The van der Waals surface area contributed by atoms with Gasteiger partial charge >= 0.3 is 0 Å². The maximum atomic E-state index is 8.98. The van der Waals surface area contributed by atoms with E-state index < -0.39 is 0 Å². The van der Waals surface area contributed by atoms with Crippen LogP contribution in [0.3, 0.4) is 0 Å². The Morgan fingerprint density at radius 1 is 0.938 bits per heavy atom. The molecule has 2 aliphatic heterocycles. The minimum atomic E-state index is 0.366. The van der Waals surface area contributed by atoms with Crippen molar-refractivity contribution in [2.45, 2.75) is 32.1 Å². The maximum absolute atomic E-state index is 8.98. The van der Waals surface area contributed by atoms with E-state index in [2.05, 4.69) is 9.80 Å². The second kappa shape index (κ2) is 6.58. The Balaban J connectivity index is 1.64. The maximum Gasteiger partial charge on any atom is 0.0434 e. The number of hydrogen-bond acceptors (Lipinski definition) is 3. The molecule has 0 aliphatic carbocycles. The molecule has 2 aliphatic rings. The van der Waals surface area contributed by atoms with E-state index in [0.717, 1.165) is 12.3 Å². The molecule has 0 aromatic heterocycles. The normalized spacial score (nSPS) is 28.7. The first kappa shape index (κ1) is 12.3. The number of aliphatic hydroxyl groups is 1. The Morgan fingerprint density at radius 2 is 1.62 bits per heavy atom. The van der Waals surface area contributed by atoms with Gasteiger partial charge in [-0.1, -0.05) is 0 Å². The lowest BCUT2D eigenvalue weighted by atomic mass is 9.95. The van der Waals surface area contributed by atoms with Gasteiger partial charge in [-0.25, -0.2) is 0 Å². The molecule has 3 heteroatoms. The minimum Gasteiger partial charge on any atom is -0.396 e. The van der Waals surface area contributed by atoms with Crippen LogP contribution >= 0.6 is 0 Å². The van der Waals surface area contributed by atoms with Crippen molar-refractivity contribution in [1.82, 2.24) is 9.80 Å². The molecule has 16 heavy (non-hydrogen) atoms. The third-order valence-electron chi connectivity index (χ3n) is 4.07. The first-order valence-corrected chi connectivity index (χ1v) is 6.94. The van der Waals surface area contributed by atoms with Crippen LogP contribution in [-0.2, 0) is 0 Å². The van der Waals surface area contributed by atoms with Crippen LogP contribution in [0.1, 0.15) is 32.1 Å². The number of rotatable bonds is 5. The van der Waals surface area contributed by atoms with Crippen molar-refractivity contribution >= 4 is 0 Å². The van der Waals surface area contributed by atoms with Gasteiger partial charge in [-0.15, -0.1) is 0 Å². The fourth-order valence-electron chi connectivity index (χ4n) is 3.06. The Kier molecular flexibility index (Phi) is 5.07. The molecule has 2 fully saturated rings. The van der Waals surface area contributed by atoms with Gasteiger partial charge in [0.1, 0.15) is 0 Å². The van der Waals surface area contributed by atoms with E-state index in [1.54, 1.807) is 0 Å². The molecule has 94 valence electrons. The van der Waals surface area contributed by atoms with E-state index in [9.17, 15) is 0 Å². The van der Waals surface area contributed by atoms with Gasteiger partial charge in [0.25, 0.3) is 0 Å². The third kappa shape index (κ3) is 3.72. The average molecular weight is 226 g/mol. The second-order valence-electron chi connectivity index (χ2n) is 5.37. The molecule has 0 aromatic carbocycles. The number of hydrogen-bond donors (Lipinski definition) is 1. The van der Waals surface area contributed by atoms with E-state index in [1.807, 2.05) is 0 Å². The highest BCUT2D eigenvalue weighted by molar-refractivity contribution is 4.75. The van der Waals surface area contributed by atoms with Crippen LogP contribution < -0.4 is 0 Å². The van der Waals surface area contributed by atoms with Crippen LogP contribution in [0, 0.1) is 5.92 Å². The summed E-state index contributed by atoms with van der Waals surface area (Å²) in [6, 6.07) is 0. The van der Waals surface area contributed by atoms with E-state index in [4.69, 9.17) is 5.11 Å². The van der Waals surface area contributed by atoms with Gasteiger partial charge in [0.2, 0.25) is 0 Å². The van der Waals surface area contributed by atoms with Gasteiger partial charge < -0.3 is 14.9 Å². The molecule has 2 rings (SSSR count). The third-order valence-corrected chi connectivity index (χ3v) is 4.07. The smallest absolute Gasteiger partial charge is 0.0434 e. The molecular weight excluding hydrogens is 200 g/mol. The summed E-state index contributed by atoms with van der Waals surface area (Å²) >= 11 is 0. The second-order valence-corrected chi connectivity index (χ2v) is 5.37. The van der Waals surface area contributed by atoms with Gasteiger partial charge in [0.05, 0.1) is 0 Å². The van der Waals surface area contributed by atoms with E-state index in [-0.39, 0.29) is 0 Å². The van der Waals surface area contributed by atoms with Gasteiger partial charge in [0, 0.05) is 26.2 Å². The summed E-state index contributed by atoms with van der Waals surface area (Å²) in [5.74, 6) is 0.748. The molecule has 0 spiro atoms. The first-order chi connectivity index (χ1) is 7.88. The van der Waals surface area contributed by atoms with Crippen LogP contribution in [0.4, 0.5) is 0 Å². The van der Waals surface area contributed by atoms with Crippen LogP contribution in [0.25, 0.3) is 0 Å². The van der Waals surface area contributed by atoms with Crippen LogP contribution in [0.5, 0.6) is 0 Å². The van der Waals surface area contributed by atoms with E-state index in [0.29, 0.717) is 6.61 Å². The summed E-state index contributed by atoms with van der Waals surface area (Å²) in [6.07, 6.45) is 6.44. The molecule has 1 N–H and O–H groups in total. The molecule has 0 amide bonds.